The van der Waals surface area contributed by atoms with Crippen LogP contribution in [0.4, 0.5) is 5.69 Å². The molecule has 1 aromatic carbocycles. The van der Waals surface area contributed by atoms with Crippen LogP contribution < -0.4 is 20.3 Å². The first-order valence-corrected chi connectivity index (χ1v) is 11.6. The topological polar surface area (TPSA) is 96.7 Å². The van der Waals surface area contributed by atoms with Crippen LogP contribution in [0.3, 0.4) is 0 Å². The van der Waals surface area contributed by atoms with Crippen LogP contribution in [0.5, 0.6) is 5.75 Å². The standard InChI is InChI=1S/C23H33N7O2/c1-4-24-23(26-17-10-11-20-27-22(16(2)3)28-30(20)14-17)25-12-7-13-29-18-8-5-6-9-19(18)32-15-21(29)31/h5-6,8-9,16-17H,4,7,10-15H2,1-3H3,(H2,24,25,26). The van der Waals surface area contributed by atoms with E-state index in [0.29, 0.717) is 19.0 Å². The average molecular weight is 440 g/mol. The normalized spacial score (nSPS) is 18.2. The summed E-state index contributed by atoms with van der Waals surface area (Å²) in [5.74, 6) is 3.88. The number of para-hydroxylation sites is 2. The number of ether oxygens (including phenoxy) is 1. The lowest BCUT2D eigenvalue weighted by molar-refractivity contribution is -0.121. The summed E-state index contributed by atoms with van der Waals surface area (Å²) in [6.07, 6.45) is 2.68. The van der Waals surface area contributed by atoms with Gasteiger partial charge in [-0.3, -0.25) is 9.79 Å². The highest BCUT2D eigenvalue weighted by Crippen LogP contribution is 2.31. The van der Waals surface area contributed by atoms with E-state index in [-0.39, 0.29) is 18.6 Å². The Hall–Kier alpha value is -3.10. The molecule has 0 saturated carbocycles. The van der Waals surface area contributed by atoms with Crippen LogP contribution >= 0.6 is 0 Å². The minimum Gasteiger partial charge on any atom is -0.482 e. The maximum absolute atomic E-state index is 12.3. The number of nitrogens with one attached hydrogen (secondary N) is 2. The van der Waals surface area contributed by atoms with Gasteiger partial charge in [0.1, 0.15) is 11.6 Å². The number of hydrogen-bond donors (Lipinski definition) is 2. The second-order valence-corrected chi connectivity index (χ2v) is 8.52. The number of aryl methyl sites for hydroxylation is 1. The maximum atomic E-state index is 12.3. The first-order chi connectivity index (χ1) is 15.5. The molecule has 2 aliphatic heterocycles. The fraction of sp³-hybridized carbons (Fsp3) is 0.565. The van der Waals surface area contributed by atoms with E-state index in [0.717, 1.165) is 61.4 Å². The van der Waals surface area contributed by atoms with Crippen molar-refractivity contribution >= 4 is 17.6 Å². The molecule has 9 nitrogen and oxygen atoms in total. The Morgan fingerprint density at radius 3 is 3.00 bits per heavy atom. The molecule has 4 rings (SSSR count). The van der Waals surface area contributed by atoms with Crippen molar-refractivity contribution in [2.45, 2.75) is 58.5 Å². The van der Waals surface area contributed by atoms with Gasteiger partial charge in [0.15, 0.2) is 18.4 Å². The van der Waals surface area contributed by atoms with Gasteiger partial charge in [-0.05, 0) is 31.9 Å². The highest BCUT2D eigenvalue weighted by molar-refractivity contribution is 5.97. The first-order valence-electron chi connectivity index (χ1n) is 11.6. The fourth-order valence-electron chi connectivity index (χ4n) is 4.02. The number of amides is 1. The van der Waals surface area contributed by atoms with E-state index in [1.807, 2.05) is 28.9 Å². The molecule has 0 radical (unpaired) electrons. The number of aliphatic imine (C=N–C) groups is 1. The minimum absolute atomic E-state index is 0.00989. The molecule has 0 bridgehead atoms. The third-order valence-electron chi connectivity index (χ3n) is 5.69. The minimum atomic E-state index is -0.00989. The highest BCUT2D eigenvalue weighted by atomic mass is 16.5. The molecule has 0 spiro atoms. The quantitative estimate of drug-likeness (QED) is 0.390. The van der Waals surface area contributed by atoms with Crippen molar-refractivity contribution in [2.24, 2.45) is 4.99 Å². The number of anilines is 1. The molecule has 2 aliphatic rings. The van der Waals surface area contributed by atoms with Gasteiger partial charge in [-0.2, -0.15) is 5.10 Å². The zero-order valence-electron chi connectivity index (χ0n) is 19.2. The molecule has 3 heterocycles. The highest BCUT2D eigenvalue weighted by Gasteiger charge is 2.25. The van der Waals surface area contributed by atoms with Crippen molar-refractivity contribution in [1.82, 2.24) is 25.4 Å². The van der Waals surface area contributed by atoms with Crippen molar-refractivity contribution in [3.63, 3.8) is 0 Å². The third kappa shape index (κ3) is 5.03. The van der Waals surface area contributed by atoms with Crippen LogP contribution in [0.2, 0.25) is 0 Å². The Kier molecular flexibility index (Phi) is 6.92. The molecule has 1 unspecified atom stereocenters. The molecule has 0 aliphatic carbocycles. The monoisotopic (exact) mass is 439 g/mol. The number of rotatable bonds is 7. The van der Waals surface area contributed by atoms with Gasteiger partial charge in [-0.1, -0.05) is 26.0 Å². The second kappa shape index (κ2) is 10.0. The van der Waals surface area contributed by atoms with Gasteiger partial charge in [0, 0.05) is 38.0 Å². The van der Waals surface area contributed by atoms with E-state index in [1.54, 1.807) is 4.90 Å². The van der Waals surface area contributed by atoms with Gasteiger partial charge >= 0.3 is 0 Å². The summed E-state index contributed by atoms with van der Waals surface area (Å²) in [7, 11) is 0. The van der Waals surface area contributed by atoms with Gasteiger partial charge in [0.2, 0.25) is 0 Å². The SMILES string of the molecule is CCNC(=NCCCN1C(=O)COc2ccccc21)NC1CCc2nc(C(C)C)nn2C1. The Bertz CT molecular complexity index is 969. The van der Waals surface area contributed by atoms with Crippen molar-refractivity contribution < 1.29 is 9.53 Å². The van der Waals surface area contributed by atoms with Crippen molar-refractivity contribution in [1.29, 1.82) is 0 Å². The Morgan fingerprint density at radius 2 is 2.19 bits per heavy atom. The van der Waals surface area contributed by atoms with Crippen LogP contribution in [0.15, 0.2) is 29.3 Å². The van der Waals surface area contributed by atoms with Gasteiger partial charge in [-0.15, -0.1) is 0 Å². The van der Waals surface area contributed by atoms with Gasteiger partial charge < -0.3 is 20.3 Å². The predicted octanol–water partition coefficient (Wildman–Crippen LogP) is 2.09. The molecule has 1 atom stereocenters. The summed E-state index contributed by atoms with van der Waals surface area (Å²) in [6.45, 7) is 9.22. The van der Waals surface area contributed by atoms with Crippen molar-refractivity contribution in [3.8, 4) is 5.75 Å². The summed E-state index contributed by atoms with van der Waals surface area (Å²) < 4.78 is 7.55. The fourth-order valence-corrected chi connectivity index (χ4v) is 4.02. The molecule has 172 valence electrons. The number of fused-ring (bicyclic) bond motifs is 2. The molecular weight excluding hydrogens is 406 g/mol. The predicted molar refractivity (Wildman–Crippen MR) is 124 cm³/mol. The average Bonchev–Trinajstić information content (AvgIpc) is 3.22. The van der Waals surface area contributed by atoms with Crippen LogP contribution in [0.1, 0.15) is 51.2 Å². The van der Waals surface area contributed by atoms with E-state index in [2.05, 4.69) is 41.5 Å². The number of guanidine groups is 1. The molecule has 1 amide bonds. The van der Waals surface area contributed by atoms with Gasteiger partial charge in [-0.25, -0.2) is 9.67 Å². The lowest BCUT2D eigenvalue weighted by Crippen LogP contribution is -2.47. The Morgan fingerprint density at radius 1 is 1.34 bits per heavy atom. The number of carbonyl (C=O) groups excluding carboxylic acids is 1. The summed E-state index contributed by atoms with van der Waals surface area (Å²) in [5, 5.41) is 11.5. The number of hydrogen-bond acceptors (Lipinski definition) is 5. The van der Waals surface area contributed by atoms with E-state index < -0.39 is 0 Å². The van der Waals surface area contributed by atoms with E-state index in [1.165, 1.54) is 0 Å². The Balaban J connectivity index is 1.32. The summed E-state index contributed by atoms with van der Waals surface area (Å²) in [5.41, 5.74) is 0.837. The second-order valence-electron chi connectivity index (χ2n) is 8.52. The molecule has 32 heavy (non-hydrogen) atoms. The van der Waals surface area contributed by atoms with E-state index >= 15 is 0 Å². The van der Waals surface area contributed by atoms with Crippen LogP contribution in [0.25, 0.3) is 0 Å². The number of nitrogens with zero attached hydrogens (tertiary/aromatic N) is 5. The van der Waals surface area contributed by atoms with Crippen molar-refractivity contribution in [3.05, 3.63) is 35.9 Å². The number of aromatic nitrogens is 3. The first kappa shape index (κ1) is 22.1. The maximum Gasteiger partial charge on any atom is 0.265 e. The summed E-state index contributed by atoms with van der Waals surface area (Å²) in [4.78, 5) is 23.5. The number of carbonyl (C=O) groups is 1. The van der Waals surface area contributed by atoms with Gasteiger partial charge in [0.25, 0.3) is 5.91 Å². The molecule has 0 saturated heterocycles. The molecule has 1 aromatic heterocycles. The molecular formula is C23H33N7O2. The summed E-state index contributed by atoms with van der Waals surface area (Å²) >= 11 is 0. The Labute approximate surface area is 189 Å². The van der Waals surface area contributed by atoms with E-state index in [9.17, 15) is 4.79 Å². The van der Waals surface area contributed by atoms with Gasteiger partial charge in [0.05, 0.1) is 12.2 Å². The molecule has 2 aromatic rings. The van der Waals surface area contributed by atoms with Crippen LogP contribution in [-0.4, -0.2) is 58.9 Å². The zero-order valence-corrected chi connectivity index (χ0v) is 19.2. The van der Waals surface area contributed by atoms with Crippen molar-refractivity contribution in [2.75, 3.05) is 31.1 Å². The lowest BCUT2D eigenvalue weighted by atomic mass is 10.1. The third-order valence-corrected chi connectivity index (χ3v) is 5.69. The largest absolute Gasteiger partial charge is 0.482 e. The smallest absolute Gasteiger partial charge is 0.265 e. The zero-order chi connectivity index (χ0) is 22.5. The van der Waals surface area contributed by atoms with E-state index in [4.69, 9.17) is 9.73 Å². The molecule has 9 heteroatoms. The molecule has 0 fully saturated rings. The summed E-state index contributed by atoms with van der Waals surface area (Å²) in [6, 6.07) is 7.92. The number of benzene rings is 1. The molecule has 2 N–H and O–H groups in total. The van der Waals surface area contributed by atoms with Crippen LogP contribution in [-0.2, 0) is 17.8 Å². The lowest BCUT2D eigenvalue weighted by Gasteiger charge is -2.29. The van der Waals surface area contributed by atoms with Crippen LogP contribution in [0, 0.1) is 0 Å².